The number of nitrogens with zero attached hydrogens (tertiary/aromatic N) is 1. The first-order valence-corrected chi connectivity index (χ1v) is 10.2. The van der Waals surface area contributed by atoms with Crippen molar-refractivity contribution in [3.05, 3.63) is 65.2 Å². The summed E-state index contributed by atoms with van der Waals surface area (Å²) in [6.07, 6.45) is 4.85. The maximum atomic E-state index is 12.7. The fourth-order valence-electron chi connectivity index (χ4n) is 4.08. The molecule has 28 heavy (non-hydrogen) atoms. The van der Waals surface area contributed by atoms with E-state index in [4.69, 9.17) is 0 Å². The molecule has 2 aromatic carbocycles. The lowest BCUT2D eigenvalue weighted by Crippen LogP contribution is -2.32. The van der Waals surface area contributed by atoms with Crippen molar-refractivity contribution in [1.82, 2.24) is 10.2 Å². The van der Waals surface area contributed by atoms with Crippen LogP contribution in [0.15, 0.2) is 48.5 Å². The van der Waals surface area contributed by atoms with E-state index in [0.717, 1.165) is 29.8 Å². The minimum atomic E-state index is -0.770. The molecule has 1 saturated heterocycles. The molecular weight excluding hydrogens is 350 g/mol. The van der Waals surface area contributed by atoms with Gasteiger partial charge in [0.2, 0.25) is 11.8 Å². The molecule has 2 N–H and O–H groups in total. The molecule has 1 fully saturated rings. The maximum absolute atomic E-state index is 12.7. The quantitative estimate of drug-likeness (QED) is 0.761. The minimum absolute atomic E-state index is 0.242. The fraction of sp³-hybridized carbons (Fsp3) is 0.391. The van der Waals surface area contributed by atoms with Crippen molar-refractivity contribution in [1.29, 1.82) is 0 Å². The van der Waals surface area contributed by atoms with Crippen molar-refractivity contribution < 1.29 is 9.59 Å². The molecule has 0 radical (unpaired) electrons. The molecule has 2 heterocycles. The molecule has 146 valence electrons. The summed E-state index contributed by atoms with van der Waals surface area (Å²) in [6, 6.07) is 15.8. The van der Waals surface area contributed by atoms with Crippen LogP contribution in [0.25, 0.3) is 0 Å². The molecule has 0 spiro atoms. The second-order valence-corrected chi connectivity index (χ2v) is 7.70. The lowest BCUT2D eigenvalue weighted by molar-refractivity contribution is -0.128. The van der Waals surface area contributed by atoms with Gasteiger partial charge in [0.25, 0.3) is 0 Å². The summed E-state index contributed by atoms with van der Waals surface area (Å²) in [7, 11) is 0. The van der Waals surface area contributed by atoms with Gasteiger partial charge in [0, 0.05) is 18.8 Å². The van der Waals surface area contributed by atoms with E-state index in [-0.39, 0.29) is 11.8 Å². The highest BCUT2D eigenvalue weighted by molar-refractivity contribution is 6.16. The first kappa shape index (κ1) is 18.7. The smallest absolute Gasteiger partial charge is 0.241 e. The second-order valence-electron chi connectivity index (χ2n) is 7.70. The summed E-state index contributed by atoms with van der Waals surface area (Å²) in [5, 5.41) is 5.76. The highest BCUT2D eigenvalue weighted by Crippen LogP contribution is 2.33. The fourth-order valence-corrected chi connectivity index (χ4v) is 4.08. The highest BCUT2D eigenvalue weighted by atomic mass is 16.2. The molecule has 5 heteroatoms. The summed E-state index contributed by atoms with van der Waals surface area (Å²) in [5.41, 5.74) is 3.75. The Morgan fingerprint density at radius 2 is 1.82 bits per heavy atom. The number of likely N-dealkylation sites (tertiary alicyclic amines) is 1. The summed E-state index contributed by atoms with van der Waals surface area (Å²) < 4.78 is 0. The van der Waals surface area contributed by atoms with Crippen LogP contribution in [0.3, 0.4) is 0 Å². The third-order valence-corrected chi connectivity index (χ3v) is 5.68. The van der Waals surface area contributed by atoms with E-state index in [0.29, 0.717) is 6.54 Å². The predicted molar refractivity (Wildman–Crippen MR) is 110 cm³/mol. The zero-order chi connectivity index (χ0) is 19.3. The number of rotatable bonds is 6. The van der Waals surface area contributed by atoms with Crippen molar-refractivity contribution in [2.75, 3.05) is 25.0 Å². The summed E-state index contributed by atoms with van der Waals surface area (Å²) in [4.78, 5) is 27.7. The van der Waals surface area contributed by atoms with Gasteiger partial charge < -0.3 is 15.5 Å². The van der Waals surface area contributed by atoms with Crippen LogP contribution in [0.1, 0.15) is 41.9 Å². The molecule has 2 aliphatic heterocycles. The summed E-state index contributed by atoms with van der Waals surface area (Å²) in [6.45, 7) is 3.81. The first-order valence-electron chi connectivity index (χ1n) is 10.2. The van der Waals surface area contributed by atoms with Crippen LogP contribution in [0.4, 0.5) is 5.69 Å². The third kappa shape index (κ3) is 4.25. The molecule has 1 atom stereocenters. The van der Waals surface area contributed by atoms with Gasteiger partial charge in [0.05, 0.1) is 0 Å². The third-order valence-electron chi connectivity index (χ3n) is 5.68. The summed E-state index contributed by atoms with van der Waals surface area (Å²) in [5.74, 6) is -1.25. The van der Waals surface area contributed by atoms with Crippen molar-refractivity contribution in [3.8, 4) is 0 Å². The van der Waals surface area contributed by atoms with E-state index in [1.54, 1.807) is 0 Å². The molecule has 0 bridgehead atoms. The maximum Gasteiger partial charge on any atom is 0.241 e. The lowest BCUT2D eigenvalue weighted by atomic mass is 9.96. The van der Waals surface area contributed by atoms with Crippen molar-refractivity contribution in [2.24, 2.45) is 0 Å². The Morgan fingerprint density at radius 3 is 2.61 bits per heavy atom. The number of carbonyl (C=O) groups is 2. The number of piperidine rings is 1. The van der Waals surface area contributed by atoms with Gasteiger partial charge in [-0.25, -0.2) is 0 Å². The van der Waals surface area contributed by atoms with Crippen LogP contribution in [0.2, 0.25) is 0 Å². The molecule has 5 nitrogen and oxygen atoms in total. The largest absolute Gasteiger partial charge is 0.351 e. The van der Waals surface area contributed by atoms with E-state index >= 15 is 0 Å². The molecule has 2 aliphatic rings. The second kappa shape index (κ2) is 8.57. The van der Waals surface area contributed by atoms with Crippen LogP contribution in [-0.4, -0.2) is 36.3 Å². The van der Waals surface area contributed by atoms with Gasteiger partial charge in [0.15, 0.2) is 0 Å². The molecule has 2 aromatic rings. The molecule has 2 amide bonds. The van der Waals surface area contributed by atoms with Gasteiger partial charge in [-0.05, 0) is 55.1 Å². The van der Waals surface area contributed by atoms with Crippen molar-refractivity contribution in [3.63, 3.8) is 0 Å². The number of anilines is 1. The number of amides is 2. The van der Waals surface area contributed by atoms with Crippen LogP contribution in [-0.2, 0) is 22.6 Å². The van der Waals surface area contributed by atoms with Gasteiger partial charge in [0.1, 0.15) is 5.92 Å². The van der Waals surface area contributed by atoms with E-state index < -0.39 is 5.92 Å². The monoisotopic (exact) mass is 377 g/mol. The average molecular weight is 377 g/mol. The van der Waals surface area contributed by atoms with Crippen molar-refractivity contribution in [2.45, 2.75) is 38.1 Å². The van der Waals surface area contributed by atoms with Gasteiger partial charge in [-0.2, -0.15) is 0 Å². The van der Waals surface area contributed by atoms with Crippen molar-refractivity contribution >= 4 is 17.5 Å². The Balaban J connectivity index is 1.42. The molecule has 4 rings (SSSR count). The topological polar surface area (TPSA) is 61.4 Å². The Morgan fingerprint density at radius 1 is 1.04 bits per heavy atom. The predicted octanol–water partition coefficient (Wildman–Crippen LogP) is 3.07. The van der Waals surface area contributed by atoms with Gasteiger partial charge in [-0.15, -0.1) is 0 Å². The average Bonchev–Trinajstić information content (AvgIpc) is 3.07. The highest BCUT2D eigenvalue weighted by Gasteiger charge is 2.36. The Hall–Kier alpha value is -2.66. The van der Waals surface area contributed by atoms with Crippen LogP contribution >= 0.6 is 0 Å². The van der Waals surface area contributed by atoms with Crippen LogP contribution in [0, 0.1) is 0 Å². The van der Waals surface area contributed by atoms with Gasteiger partial charge >= 0.3 is 0 Å². The Labute approximate surface area is 166 Å². The molecular formula is C23H27N3O2. The zero-order valence-corrected chi connectivity index (χ0v) is 16.1. The molecule has 0 aromatic heterocycles. The number of carbonyl (C=O) groups excluding carboxylic acids is 2. The number of benzene rings is 2. The van der Waals surface area contributed by atoms with Gasteiger partial charge in [-0.1, -0.05) is 48.9 Å². The zero-order valence-electron chi connectivity index (χ0n) is 16.1. The van der Waals surface area contributed by atoms with E-state index in [1.165, 1.54) is 37.9 Å². The lowest BCUT2D eigenvalue weighted by Gasteiger charge is -2.26. The van der Waals surface area contributed by atoms with Gasteiger partial charge in [-0.3, -0.25) is 9.59 Å². The number of hydrogen-bond acceptors (Lipinski definition) is 3. The van der Waals surface area contributed by atoms with Crippen LogP contribution in [0.5, 0.6) is 0 Å². The van der Waals surface area contributed by atoms with E-state index in [9.17, 15) is 9.59 Å². The standard InChI is InChI=1S/C23H27N3O2/c27-22(24-16-18-7-3-1-4-8-18)21-19-15-17(9-10-20(19)25-23(21)28)11-14-26-12-5-2-6-13-26/h1,3-4,7-10,15,21H,2,5-6,11-14,16H2,(H,24,27)(H,25,28). The Kier molecular flexibility index (Phi) is 5.72. The van der Waals surface area contributed by atoms with E-state index in [1.807, 2.05) is 42.5 Å². The normalized spacial score (nSPS) is 19.1. The SMILES string of the molecule is O=C(NCc1ccccc1)C1C(=O)Nc2ccc(CCN3CCCCC3)cc21. The van der Waals surface area contributed by atoms with Crippen LogP contribution < -0.4 is 10.6 Å². The van der Waals surface area contributed by atoms with E-state index in [2.05, 4.69) is 21.6 Å². The molecule has 0 aliphatic carbocycles. The number of hydrogen-bond donors (Lipinski definition) is 2. The first-order chi connectivity index (χ1) is 13.7. The Bertz CT molecular complexity index is 844. The molecule has 0 saturated carbocycles. The molecule has 1 unspecified atom stereocenters. The minimum Gasteiger partial charge on any atom is -0.351 e. The number of fused-ring (bicyclic) bond motifs is 1. The summed E-state index contributed by atoms with van der Waals surface area (Å²) >= 11 is 0. The number of nitrogens with one attached hydrogen (secondary N) is 2.